The second-order valence-electron chi connectivity index (χ2n) is 4.24. The molecule has 0 saturated carbocycles. The van der Waals surface area contributed by atoms with Crippen LogP contribution in [0.25, 0.3) is 0 Å². The molecule has 0 radical (unpaired) electrons. The largest absolute Gasteiger partial charge is 0.394 e. The molecule has 0 bridgehead atoms. The third kappa shape index (κ3) is 4.36. The Kier molecular flexibility index (Phi) is 6.24. The lowest BCUT2D eigenvalue weighted by Crippen LogP contribution is -2.46. The summed E-state index contributed by atoms with van der Waals surface area (Å²) in [6, 6.07) is 9.30. The summed E-state index contributed by atoms with van der Waals surface area (Å²) in [4.78, 5) is 0. The Labute approximate surface area is 106 Å². The standard InChI is InChI=1S/C13H20O5/c1-9(15)13(12(17)11(16)7-14)18-8-10-5-3-2-4-6-10/h2-6,9,11-17H,7-8H2,1H3. The van der Waals surface area contributed by atoms with Gasteiger partial charge in [0, 0.05) is 0 Å². The smallest absolute Gasteiger partial charge is 0.112 e. The molecule has 0 saturated heterocycles. The fourth-order valence-corrected chi connectivity index (χ4v) is 1.62. The van der Waals surface area contributed by atoms with Crippen LogP contribution in [0.15, 0.2) is 30.3 Å². The van der Waals surface area contributed by atoms with Gasteiger partial charge >= 0.3 is 0 Å². The summed E-state index contributed by atoms with van der Waals surface area (Å²) in [5.41, 5.74) is 0.897. The molecule has 1 aromatic rings. The maximum Gasteiger partial charge on any atom is 0.112 e. The molecule has 5 nitrogen and oxygen atoms in total. The van der Waals surface area contributed by atoms with E-state index in [1.807, 2.05) is 30.3 Å². The van der Waals surface area contributed by atoms with Gasteiger partial charge in [-0.05, 0) is 12.5 Å². The molecule has 0 heterocycles. The Balaban J connectivity index is 2.58. The summed E-state index contributed by atoms with van der Waals surface area (Å²) in [5.74, 6) is 0. The number of aliphatic hydroxyl groups is 4. The van der Waals surface area contributed by atoms with Gasteiger partial charge in [0.25, 0.3) is 0 Å². The van der Waals surface area contributed by atoms with Gasteiger partial charge in [0.1, 0.15) is 18.3 Å². The van der Waals surface area contributed by atoms with Gasteiger partial charge in [-0.25, -0.2) is 0 Å². The van der Waals surface area contributed by atoms with Gasteiger partial charge in [-0.3, -0.25) is 0 Å². The molecule has 4 atom stereocenters. The second kappa shape index (κ2) is 7.45. The van der Waals surface area contributed by atoms with Crippen LogP contribution in [-0.4, -0.2) is 51.4 Å². The Morgan fingerprint density at radius 2 is 1.72 bits per heavy atom. The van der Waals surface area contributed by atoms with E-state index in [0.29, 0.717) is 0 Å². The van der Waals surface area contributed by atoms with E-state index in [4.69, 9.17) is 9.84 Å². The Bertz CT molecular complexity index is 327. The molecule has 0 amide bonds. The van der Waals surface area contributed by atoms with Crippen molar-refractivity contribution in [3.05, 3.63) is 35.9 Å². The molecule has 4 N–H and O–H groups in total. The van der Waals surface area contributed by atoms with Gasteiger partial charge in [0.15, 0.2) is 0 Å². The molecule has 0 aromatic heterocycles. The number of aliphatic hydroxyl groups excluding tert-OH is 4. The van der Waals surface area contributed by atoms with E-state index in [9.17, 15) is 15.3 Å². The third-order valence-corrected chi connectivity index (χ3v) is 2.68. The lowest BCUT2D eigenvalue weighted by molar-refractivity contribution is -0.142. The Hall–Kier alpha value is -0.980. The molecule has 18 heavy (non-hydrogen) atoms. The van der Waals surface area contributed by atoms with Crippen molar-refractivity contribution in [2.75, 3.05) is 6.61 Å². The number of hydrogen-bond acceptors (Lipinski definition) is 5. The summed E-state index contributed by atoms with van der Waals surface area (Å²) in [5, 5.41) is 37.4. The third-order valence-electron chi connectivity index (χ3n) is 2.68. The Morgan fingerprint density at radius 1 is 1.11 bits per heavy atom. The van der Waals surface area contributed by atoms with Crippen molar-refractivity contribution in [3.8, 4) is 0 Å². The molecule has 0 aliphatic heterocycles. The average Bonchev–Trinajstić information content (AvgIpc) is 2.38. The summed E-state index contributed by atoms with van der Waals surface area (Å²) in [6.45, 7) is 1.09. The minimum absolute atomic E-state index is 0.214. The molecule has 4 unspecified atom stereocenters. The molecule has 1 rings (SSSR count). The summed E-state index contributed by atoms with van der Waals surface area (Å²) in [6.07, 6.45) is -4.57. The molecule has 1 aromatic carbocycles. The normalized spacial score (nSPS) is 18.1. The van der Waals surface area contributed by atoms with Crippen LogP contribution in [0.1, 0.15) is 12.5 Å². The molecule has 0 spiro atoms. The van der Waals surface area contributed by atoms with Crippen LogP contribution in [0.3, 0.4) is 0 Å². The van der Waals surface area contributed by atoms with Crippen LogP contribution in [-0.2, 0) is 11.3 Å². The quantitative estimate of drug-likeness (QED) is 0.536. The van der Waals surface area contributed by atoms with Gasteiger partial charge in [0.05, 0.1) is 19.3 Å². The second-order valence-corrected chi connectivity index (χ2v) is 4.24. The lowest BCUT2D eigenvalue weighted by atomic mass is 10.0. The highest BCUT2D eigenvalue weighted by Gasteiger charge is 2.30. The van der Waals surface area contributed by atoms with Gasteiger partial charge in [0.2, 0.25) is 0 Å². The zero-order valence-corrected chi connectivity index (χ0v) is 10.3. The highest BCUT2D eigenvalue weighted by molar-refractivity contribution is 5.13. The van der Waals surface area contributed by atoms with E-state index < -0.39 is 31.0 Å². The first-order chi connectivity index (χ1) is 8.56. The van der Waals surface area contributed by atoms with Crippen LogP contribution in [0, 0.1) is 0 Å². The van der Waals surface area contributed by atoms with E-state index in [2.05, 4.69) is 0 Å². The van der Waals surface area contributed by atoms with Gasteiger partial charge in [-0.1, -0.05) is 30.3 Å². The summed E-state index contributed by atoms with van der Waals surface area (Å²) in [7, 11) is 0. The van der Waals surface area contributed by atoms with E-state index in [-0.39, 0.29) is 6.61 Å². The fraction of sp³-hybridized carbons (Fsp3) is 0.538. The highest BCUT2D eigenvalue weighted by atomic mass is 16.5. The minimum atomic E-state index is -1.33. The van der Waals surface area contributed by atoms with Gasteiger partial charge < -0.3 is 25.2 Å². The van der Waals surface area contributed by atoms with Crippen LogP contribution in [0.4, 0.5) is 0 Å². The summed E-state index contributed by atoms with van der Waals surface area (Å²) < 4.78 is 5.40. The number of rotatable bonds is 7. The van der Waals surface area contributed by atoms with Crippen molar-refractivity contribution >= 4 is 0 Å². The zero-order valence-electron chi connectivity index (χ0n) is 10.3. The number of ether oxygens (including phenoxy) is 1. The van der Waals surface area contributed by atoms with Crippen LogP contribution in [0.5, 0.6) is 0 Å². The maximum atomic E-state index is 9.73. The predicted octanol–water partition coefficient (Wildman–Crippen LogP) is -0.333. The SMILES string of the molecule is CC(O)C(OCc1ccccc1)C(O)C(O)CO. The predicted molar refractivity (Wildman–Crippen MR) is 65.8 cm³/mol. The molecular formula is C13H20O5. The van der Waals surface area contributed by atoms with E-state index in [1.54, 1.807) is 0 Å². The molecule has 0 aliphatic carbocycles. The van der Waals surface area contributed by atoms with Crippen molar-refractivity contribution in [2.45, 2.75) is 37.9 Å². The summed E-state index contributed by atoms with van der Waals surface area (Å²) >= 11 is 0. The first-order valence-electron chi connectivity index (χ1n) is 5.87. The number of benzene rings is 1. The number of hydrogen-bond donors (Lipinski definition) is 4. The van der Waals surface area contributed by atoms with Gasteiger partial charge in [-0.15, -0.1) is 0 Å². The van der Waals surface area contributed by atoms with E-state index in [0.717, 1.165) is 5.56 Å². The van der Waals surface area contributed by atoms with Crippen LogP contribution >= 0.6 is 0 Å². The average molecular weight is 256 g/mol. The molecule has 0 aliphatic rings. The first kappa shape index (κ1) is 15.1. The topological polar surface area (TPSA) is 90.2 Å². The molecule has 0 fully saturated rings. The Morgan fingerprint density at radius 3 is 2.22 bits per heavy atom. The lowest BCUT2D eigenvalue weighted by Gasteiger charge is -2.28. The van der Waals surface area contributed by atoms with Crippen molar-refractivity contribution in [3.63, 3.8) is 0 Å². The van der Waals surface area contributed by atoms with Gasteiger partial charge in [-0.2, -0.15) is 0 Å². The van der Waals surface area contributed by atoms with Crippen LogP contribution in [0.2, 0.25) is 0 Å². The fourth-order valence-electron chi connectivity index (χ4n) is 1.62. The molecule has 102 valence electrons. The van der Waals surface area contributed by atoms with Crippen molar-refractivity contribution in [1.82, 2.24) is 0 Å². The molecule has 5 heteroatoms. The van der Waals surface area contributed by atoms with E-state index in [1.165, 1.54) is 6.92 Å². The van der Waals surface area contributed by atoms with Crippen molar-refractivity contribution in [2.24, 2.45) is 0 Å². The highest BCUT2D eigenvalue weighted by Crippen LogP contribution is 2.12. The van der Waals surface area contributed by atoms with E-state index >= 15 is 0 Å². The minimum Gasteiger partial charge on any atom is -0.394 e. The maximum absolute atomic E-state index is 9.73. The van der Waals surface area contributed by atoms with Crippen LogP contribution < -0.4 is 0 Å². The van der Waals surface area contributed by atoms with Crippen molar-refractivity contribution in [1.29, 1.82) is 0 Å². The molecular weight excluding hydrogens is 236 g/mol. The monoisotopic (exact) mass is 256 g/mol. The first-order valence-corrected chi connectivity index (χ1v) is 5.87. The van der Waals surface area contributed by atoms with Crippen molar-refractivity contribution < 1.29 is 25.2 Å². The zero-order chi connectivity index (χ0) is 13.5.